The first-order valence-electron chi connectivity index (χ1n) is 10.4. The molecule has 0 unspecified atom stereocenters. The minimum absolute atomic E-state index is 0.00238. The highest BCUT2D eigenvalue weighted by molar-refractivity contribution is 6.30. The Morgan fingerprint density at radius 2 is 1.17 bits per heavy atom. The van der Waals surface area contributed by atoms with Gasteiger partial charge < -0.3 is 10.4 Å². The van der Waals surface area contributed by atoms with Crippen LogP contribution in [0.2, 0.25) is 10.0 Å². The number of piperidine rings is 1. The van der Waals surface area contributed by atoms with E-state index >= 15 is 0 Å². The van der Waals surface area contributed by atoms with Crippen molar-refractivity contribution in [2.24, 2.45) is 11.8 Å². The monoisotopic (exact) mass is 439 g/mol. The molecule has 1 fully saturated rings. The summed E-state index contributed by atoms with van der Waals surface area (Å²) in [7, 11) is 0. The smallest absolute Gasteiger partial charge is 0.0774 e. The van der Waals surface area contributed by atoms with E-state index in [0.717, 1.165) is 16.7 Å². The summed E-state index contributed by atoms with van der Waals surface area (Å²) in [5.41, 5.74) is 2.51. The maximum atomic E-state index is 12.1. The van der Waals surface area contributed by atoms with Crippen molar-refractivity contribution in [3.05, 3.63) is 106 Å². The first-order chi connectivity index (χ1) is 14.4. The summed E-state index contributed by atoms with van der Waals surface area (Å²) in [6.45, 7) is 4.29. The lowest BCUT2D eigenvalue weighted by atomic mass is 9.64. The average Bonchev–Trinajstić information content (AvgIpc) is 2.75. The Kier molecular flexibility index (Phi) is 6.22. The molecule has 0 aliphatic carbocycles. The lowest BCUT2D eigenvalue weighted by Crippen LogP contribution is -2.58. The molecule has 0 spiro atoms. The van der Waals surface area contributed by atoms with Crippen molar-refractivity contribution in [2.75, 3.05) is 0 Å². The quantitative estimate of drug-likeness (QED) is 0.478. The van der Waals surface area contributed by atoms with Gasteiger partial charge in [0, 0.05) is 40.4 Å². The van der Waals surface area contributed by atoms with Crippen molar-refractivity contribution >= 4 is 23.2 Å². The molecular weight excluding hydrogens is 413 g/mol. The molecule has 4 rings (SSSR count). The SMILES string of the molecule is C[C@@H]1[C@H](c2ccc(Cl)cc2)N[C@@H](c2ccc(Cl)cc2)[C@@H](C)C1(O)Cc1ccccc1. The van der Waals surface area contributed by atoms with Crippen LogP contribution in [0.3, 0.4) is 0 Å². The van der Waals surface area contributed by atoms with Crippen molar-refractivity contribution in [1.82, 2.24) is 5.32 Å². The van der Waals surface area contributed by atoms with Crippen molar-refractivity contribution in [2.45, 2.75) is 38.0 Å². The third-order valence-electron chi connectivity index (χ3n) is 6.72. The van der Waals surface area contributed by atoms with E-state index < -0.39 is 5.60 Å². The minimum atomic E-state index is -0.888. The molecule has 3 aromatic carbocycles. The van der Waals surface area contributed by atoms with Crippen LogP contribution in [-0.4, -0.2) is 10.7 Å². The van der Waals surface area contributed by atoms with Gasteiger partial charge in [0.25, 0.3) is 0 Å². The van der Waals surface area contributed by atoms with E-state index in [4.69, 9.17) is 23.2 Å². The van der Waals surface area contributed by atoms with Crippen LogP contribution in [0.4, 0.5) is 0 Å². The number of halogens is 2. The van der Waals surface area contributed by atoms with E-state index in [1.807, 2.05) is 66.7 Å². The molecule has 0 saturated carbocycles. The highest BCUT2D eigenvalue weighted by Crippen LogP contribution is 2.48. The van der Waals surface area contributed by atoms with Crippen LogP contribution in [0.1, 0.15) is 42.6 Å². The molecule has 1 aliphatic heterocycles. The van der Waals surface area contributed by atoms with Gasteiger partial charge in [-0.15, -0.1) is 0 Å². The number of aliphatic hydroxyl groups is 1. The van der Waals surface area contributed by atoms with Gasteiger partial charge in [-0.3, -0.25) is 0 Å². The number of nitrogens with one attached hydrogen (secondary N) is 1. The van der Waals surface area contributed by atoms with Crippen LogP contribution in [0, 0.1) is 11.8 Å². The number of benzene rings is 3. The molecular formula is C26H27Cl2NO. The summed E-state index contributed by atoms with van der Waals surface area (Å²) in [6, 6.07) is 26.1. The summed E-state index contributed by atoms with van der Waals surface area (Å²) in [5.74, 6) is -0.00476. The fourth-order valence-electron chi connectivity index (χ4n) is 4.83. The van der Waals surface area contributed by atoms with Crippen LogP contribution >= 0.6 is 23.2 Å². The van der Waals surface area contributed by atoms with Crippen LogP contribution in [0.5, 0.6) is 0 Å². The van der Waals surface area contributed by atoms with Crippen LogP contribution in [-0.2, 0) is 6.42 Å². The van der Waals surface area contributed by atoms with Gasteiger partial charge in [-0.1, -0.05) is 91.6 Å². The third-order valence-corrected chi connectivity index (χ3v) is 7.23. The Morgan fingerprint density at radius 1 is 0.733 bits per heavy atom. The molecule has 0 radical (unpaired) electrons. The molecule has 3 aromatic rings. The van der Waals surface area contributed by atoms with Gasteiger partial charge in [-0.05, 0) is 41.0 Å². The Morgan fingerprint density at radius 3 is 1.60 bits per heavy atom. The number of hydrogen-bond acceptors (Lipinski definition) is 2. The Balaban J connectivity index is 1.76. The molecule has 156 valence electrons. The molecule has 4 atom stereocenters. The summed E-state index contributed by atoms with van der Waals surface area (Å²) in [5, 5.41) is 17.4. The van der Waals surface area contributed by atoms with Gasteiger partial charge in [0.1, 0.15) is 0 Å². The van der Waals surface area contributed by atoms with E-state index in [9.17, 15) is 5.11 Å². The predicted molar refractivity (Wildman–Crippen MR) is 125 cm³/mol. The molecule has 30 heavy (non-hydrogen) atoms. The molecule has 0 amide bonds. The van der Waals surface area contributed by atoms with Crippen LogP contribution < -0.4 is 5.32 Å². The van der Waals surface area contributed by atoms with Crippen molar-refractivity contribution in [3.63, 3.8) is 0 Å². The third kappa shape index (κ3) is 4.15. The van der Waals surface area contributed by atoms with E-state index in [2.05, 4.69) is 31.3 Å². The van der Waals surface area contributed by atoms with E-state index in [1.54, 1.807) is 0 Å². The highest BCUT2D eigenvalue weighted by Gasteiger charge is 2.51. The second kappa shape index (κ2) is 8.72. The Labute approximate surface area is 188 Å². The van der Waals surface area contributed by atoms with E-state index in [1.165, 1.54) is 0 Å². The van der Waals surface area contributed by atoms with Gasteiger partial charge in [0.05, 0.1) is 5.60 Å². The van der Waals surface area contributed by atoms with Crippen molar-refractivity contribution in [1.29, 1.82) is 0 Å². The maximum absolute atomic E-state index is 12.1. The zero-order valence-corrected chi connectivity index (χ0v) is 18.7. The van der Waals surface area contributed by atoms with Crippen molar-refractivity contribution < 1.29 is 5.11 Å². The van der Waals surface area contributed by atoms with Gasteiger partial charge in [-0.2, -0.15) is 0 Å². The standard InChI is InChI=1S/C26H27Cl2NO/c1-17-24(20-8-12-22(27)13-9-20)29-25(21-10-14-23(28)15-11-21)18(2)26(17,30)16-19-6-4-3-5-7-19/h3-15,17-18,24-25,29-30H,16H2,1-2H3/t17-,18-,24-,25-/m1/s1. The summed E-state index contributed by atoms with van der Waals surface area (Å²) in [6.07, 6.45) is 0.603. The van der Waals surface area contributed by atoms with Crippen LogP contribution in [0.15, 0.2) is 78.9 Å². The highest BCUT2D eigenvalue weighted by atomic mass is 35.5. The fraction of sp³-hybridized carbons (Fsp3) is 0.308. The molecule has 1 heterocycles. The largest absolute Gasteiger partial charge is 0.389 e. The molecule has 1 aliphatic rings. The second-order valence-corrected chi connectivity index (χ2v) is 9.33. The summed E-state index contributed by atoms with van der Waals surface area (Å²) >= 11 is 12.3. The summed E-state index contributed by atoms with van der Waals surface area (Å²) in [4.78, 5) is 0. The summed E-state index contributed by atoms with van der Waals surface area (Å²) < 4.78 is 0. The van der Waals surface area contributed by atoms with Crippen LogP contribution in [0.25, 0.3) is 0 Å². The fourth-order valence-corrected chi connectivity index (χ4v) is 5.08. The molecule has 1 saturated heterocycles. The first kappa shape index (κ1) is 21.4. The normalized spacial score (nSPS) is 29.0. The van der Waals surface area contributed by atoms with Crippen molar-refractivity contribution in [3.8, 4) is 0 Å². The first-order valence-corrected chi connectivity index (χ1v) is 11.2. The molecule has 4 heteroatoms. The van der Waals surface area contributed by atoms with E-state index in [-0.39, 0.29) is 23.9 Å². The maximum Gasteiger partial charge on any atom is 0.0774 e. The number of rotatable bonds is 4. The Bertz CT molecular complexity index is 915. The molecule has 2 N–H and O–H groups in total. The molecule has 0 bridgehead atoms. The zero-order valence-electron chi connectivity index (χ0n) is 17.2. The molecule has 2 nitrogen and oxygen atoms in total. The van der Waals surface area contributed by atoms with E-state index in [0.29, 0.717) is 16.5 Å². The second-order valence-electron chi connectivity index (χ2n) is 8.46. The Hall–Kier alpha value is -1.84. The average molecular weight is 440 g/mol. The predicted octanol–water partition coefficient (Wildman–Crippen LogP) is 6.63. The van der Waals surface area contributed by atoms with Gasteiger partial charge in [-0.25, -0.2) is 0 Å². The molecule has 0 aromatic heterocycles. The van der Waals surface area contributed by atoms with Gasteiger partial charge in [0.15, 0.2) is 0 Å². The van der Waals surface area contributed by atoms with Gasteiger partial charge in [0.2, 0.25) is 0 Å². The minimum Gasteiger partial charge on any atom is -0.389 e. The lowest BCUT2D eigenvalue weighted by Gasteiger charge is -2.52. The lowest BCUT2D eigenvalue weighted by molar-refractivity contribution is -0.110. The topological polar surface area (TPSA) is 32.3 Å². The van der Waals surface area contributed by atoms with Gasteiger partial charge >= 0.3 is 0 Å². The number of hydrogen-bond donors (Lipinski definition) is 2. The zero-order chi connectivity index (χ0) is 21.3.